The molecule has 1 atom stereocenters. The molecular weight excluding hydrogens is 398 g/mol. The predicted octanol–water partition coefficient (Wildman–Crippen LogP) is 1.86. The Labute approximate surface area is 168 Å². The highest BCUT2D eigenvalue weighted by molar-refractivity contribution is 7.92. The third-order valence-electron chi connectivity index (χ3n) is 3.75. The van der Waals surface area contributed by atoms with Crippen molar-refractivity contribution in [1.82, 2.24) is 5.32 Å². The van der Waals surface area contributed by atoms with Gasteiger partial charge < -0.3 is 10.5 Å². The molecule has 0 fully saturated rings. The maximum absolute atomic E-state index is 12.4. The van der Waals surface area contributed by atoms with Crippen LogP contribution in [0.15, 0.2) is 59.5 Å². The summed E-state index contributed by atoms with van der Waals surface area (Å²) >= 11 is 0. The van der Waals surface area contributed by atoms with E-state index >= 15 is 0 Å². The fourth-order valence-electron chi connectivity index (χ4n) is 2.39. The molecule has 10 heteroatoms. The number of nitrogens with one attached hydrogen (secondary N) is 2. The Balaban J connectivity index is 2.18. The highest BCUT2D eigenvalue weighted by Crippen LogP contribution is 2.19. The van der Waals surface area contributed by atoms with Crippen LogP contribution in [0.1, 0.15) is 24.2 Å². The molecule has 0 saturated carbocycles. The van der Waals surface area contributed by atoms with Crippen molar-refractivity contribution in [2.75, 3.05) is 4.72 Å². The summed E-state index contributed by atoms with van der Waals surface area (Å²) in [6.45, 7) is 3.26. The number of urea groups is 1. The zero-order valence-electron chi connectivity index (χ0n) is 15.8. The van der Waals surface area contributed by atoms with Crippen molar-refractivity contribution < 1.29 is 27.5 Å². The van der Waals surface area contributed by atoms with Crippen LogP contribution >= 0.6 is 0 Å². The van der Waals surface area contributed by atoms with Crippen molar-refractivity contribution in [3.8, 4) is 0 Å². The maximum atomic E-state index is 12.4. The minimum atomic E-state index is -3.84. The second-order valence-corrected chi connectivity index (χ2v) is 8.11. The zero-order valence-corrected chi connectivity index (χ0v) is 16.6. The molecule has 0 heterocycles. The molecule has 0 aromatic heterocycles. The maximum Gasteiger partial charge on any atom is 0.338 e. The van der Waals surface area contributed by atoms with Crippen molar-refractivity contribution in [2.24, 2.45) is 11.7 Å². The third-order valence-corrected chi connectivity index (χ3v) is 5.15. The number of esters is 1. The van der Waals surface area contributed by atoms with Gasteiger partial charge >= 0.3 is 12.0 Å². The highest BCUT2D eigenvalue weighted by Gasteiger charge is 2.28. The van der Waals surface area contributed by atoms with Crippen LogP contribution in [0.2, 0.25) is 0 Å². The summed E-state index contributed by atoms with van der Waals surface area (Å²) in [5.74, 6) is -2.14. The van der Waals surface area contributed by atoms with Crippen molar-refractivity contribution in [3.63, 3.8) is 0 Å². The Morgan fingerprint density at radius 1 is 1.00 bits per heavy atom. The van der Waals surface area contributed by atoms with Crippen LogP contribution in [-0.4, -0.2) is 32.4 Å². The van der Waals surface area contributed by atoms with Crippen LogP contribution in [0, 0.1) is 5.92 Å². The molecule has 0 spiro atoms. The summed E-state index contributed by atoms with van der Waals surface area (Å²) in [6, 6.07) is 12.3. The number of hydrogen-bond acceptors (Lipinski definition) is 6. The largest absolute Gasteiger partial charge is 0.448 e. The molecule has 0 bridgehead atoms. The van der Waals surface area contributed by atoms with E-state index in [9.17, 15) is 22.8 Å². The first-order valence-electron chi connectivity index (χ1n) is 8.59. The lowest BCUT2D eigenvalue weighted by molar-refractivity contribution is -0.130. The molecule has 0 saturated heterocycles. The lowest BCUT2D eigenvalue weighted by atomic mass is 10.1. The summed E-state index contributed by atoms with van der Waals surface area (Å²) in [5.41, 5.74) is 5.09. The number of ether oxygens (including phenoxy) is 1. The fraction of sp³-hybridized carbons (Fsp3) is 0.211. The Hall–Kier alpha value is -3.40. The van der Waals surface area contributed by atoms with Crippen LogP contribution in [0.4, 0.5) is 10.5 Å². The lowest BCUT2D eigenvalue weighted by Gasteiger charge is -2.20. The van der Waals surface area contributed by atoms with Gasteiger partial charge in [-0.1, -0.05) is 38.1 Å². The number of amides is 3. The Morgan fingerprint density at radius 2 is 1.66 bits per heavy atom. The van der Waals surface area contributed by atoms with Gasteiger partial charge in [-0.15, -0.1) is 0 Å². The number of sulfonamides is 1. The molecule has 3 amide bonds. The number of anilines is 1. The van der Waals surface area contributed by atoms with Crippen molar-refractivity contribution in [1.29, 1.82) is 0 Å². The van der Waals surface area contributed by atoms with Crippen LogP contribution in [-0.2, 0) is 19.6 Å². The standard InChI is InChI=1S/C19H21N3O6S/c1-12(2)16(17(23)21-19(20)25)28-18(24)13-7-6-8-14(11-13)22-29(26,27)15-9-4-3-5-10-15/h3-12,16,22H,1-2H3,(H3,20,21,23,25). The van der Waals surface area contributed by atoms with E-state index in [0.29, 0.717) is 0 Å². The minimum absolute atomic E-state index is 0.0239. The van der Waals surface area contributed by atoms with Gasteiger partial charge in [0.05, 0.1) is 10.5 Å². The quantitative estimate of drug-likeness (QED) is 0.584. The molecule has 2 rings (SSSR count). The smallest absolute Gasteiger partial charge is 0.338 e. The average molecular weight is 419 g/mol. The third kappa shape index (κ3) is 6.04. The van der Waals surface area contributed by atoms with E-state index in [1.54, 1.807) is 32.0 Å². The normalized spacial score (nSPS) is 12.1. The van der Waals surface area contributed by atoms with Gasteiger partial charge in [-0.25, -0.2) is 18.0 Å². The number of imide groups is 1. The van der Waals surface area contributed by atoms with Crippen LogP contribution in [0.25, 0.3) is 0 Å². The van der Waals surface area contributed by atoms with Gasteiger partial charge in [0.25, 0.3) is 15.9 Å². The number of primary amides is 1. The van der Waals surface area contributed by atoms with Gasteiger partial charge in [0.1, 0.15) is 0 Å². The molecule has 0 radical (unpaired) electrons. The summed E-state index contributed by atoms with van der Waals surface area (Å²) in [7, 11) is -3.84. The second-order valence-electron chi connectivity index (χ2n) is 6.42. The minimum Gasteiger partial charge on any atom is -0.448 e. The van der Waals surface area contributed by atoms with E-state index in [0.717, 1.165) is 0 Å². The van der Waals surface area contributed by atoms with E-state index in [2.05, 4.69) is 4.72 Å². The van der Waals surface area contributed by atoms with E-state index in [-0.39, 0.29) is 16.1 Å². The molecule has 154 valence electrons. The molecular formula is C19H21N3O6S. The number of nitrogens with two attached hydrogens (primary N) is 1. The van der Waals surface area contributed by atoms with Crippen molar-refractivity contribution in [3.05, 3.63) is 60.2 Å². The van der Waals surface area contributed by atoms with Gasteiger partial charge in [-0.3, -0.25) is 14.8 Å². The summed E-state index contributed by atoms with van der Waals surface area (Å²) in [6.07, 6.45) is -1.25. The van der Waals surface area contributed by atoms with Crippen LogP contribution < -0.4 is 15.8 Å². The number of carbonyl (C=O) groups excluding carboxylic acids is 3. The molecule has 4 N–H and O–H groups in total. The van der Waals surface area contributed by atoms with E-state index in [1.165, 1.54) is 36.4 Å². The van der Waals surface area contributed by atoms with E-state index < -0.39 is 40.0 Å². The first kappa shape index (κ1) is 21.9. The van der Waals surface area contributed by atoms with Crippen LogP contribution in [0.3, 0.4) is 0 Å². The molecule has 9 nitrogen and oxygen atoms in total. The molecule has 2 aromatic carbocycles. The van der Waals surface area contributed by atoms with Gasteiger partial charge in [-0.2, -0.15) is 0 Å². The van der Waals surface area contributed by atoms with Gasteiger partial charge in [0.15, 0.2) is 6.10 Å². The molecule has 29 heavy (non-hydrogen) atoms. The number of hydrogen-bond donors (Lipinski definition) is 3. The summed E-state index contributed by atoms with van der Waals surface area (Å²) in [4.78, 5) is 35.4. The number of rotatable bonds is 7. The average Bonchev–Trinajstić information content (AvgIpc) is 2.65. The lowest BCUT2D eigenvalue weighted by Crippen LogP contribution is -2.45. The second kappa shape index (κ2) is 9.20. The molecule has 0 aliphatic rings. The monoisotopic (exact) mass is 419 g/mol. The predicted molar refractivity (Wildman–Crippen MR) is 105 cm³/mol. The van der Waals surface area contributed by atoms with Gasteiger partial charge in [0.2, 0.25) is 0 Å². The zero-order chi connectivity index (χ0) is 21.6. The highest BCUT2D eigenvalue weighted by atomic mass is 32.2. The van der Waals surface area contributed by atoms with E-state index in [1.807, 2.05) is 5.32 Å². The van der Waals surface area contributed by atoms with Crippen molar-refractivity contribution >= 4 is 33.6 Å². The topological polar surface area (TPSA) is 145 Å². The fourth-order valence-corrected chi connectivity index (χ4v) is 3.46. The van der Waals surface area contributed by atoms with Crippen molar-refractivity contribution in [2.45, 2.75) is 24.8 Å². The molecule has 0 aliphatic heterocycles. The first-order chi connectivity index (χ1) is 13.6. The van der Waals surface area contributed by atoms with Gasteiger partial charge in [0, 0.05) is 5.69 Å². The van der Waals surface area contributed by atoms with E-state index in [4.69, 9.17) is 10.5 Å². The van der Waals surface area contributed by atoms with Crippen LogP contribution in [0.5, 0.6) is 0 Å². The number of benzene rings is 2. The number of carbonyl (C=O) groups is 3. The Kier molecular flexibility index (Phi) is 6.94. The Bertz CT molecular complexity index is 1010. The molecule has 1 unspecified atom stereocenters. The summed E-state index contributed by atoms with van der Waals surface area (Å²) in [5, 5.41) is 1.87. The Morgan fingerprint density at radius 3 is 2.24 bits per heavy atom. The first-order valence-corrected chi connectivity index (χ1v) is 10.1. The molecule has 2 aromatic rings. The molecule has 0 aliphatic carbocycles. The van der Waals surface area contributed by atoms with Gasteiger partial charge in [-0.05, 0) is 36.2 Å². The SMILES string of the molecule is CC(C)C(OC(=O)c1cccc(NS(=O)(=O)c2ccccc2)c1)C(=O)NC(N)=O. The summed E-state index contributed by atoms with van der Waals surface area (Å²) < 4.78 is 32.4.